The molecule has 14 heavy (non-hydrogen) atoms. The molecular formula is C10H15NO3. The minimum Gasteiger partial charge on any atom is -0.458 e. The smallest absolute Gasteiger partial charge is 0.354 e. The lowest BCUT2D eigenvalue weighted by Crippen LogP contribution is -2.27. The second-order valence-corrected chi connectivity index (χ2v) is 3.78. The highest BCUT2D eigenvalue weighted by Crippen LogP contribution is 2.37. The van der Waals surface area contributed by atoms with Gasteiger partial charge in [-0.15, -0.1) is 0 Å². The Kier molecular flexibility index (Phi) is 2.46. The van der Waals surface area contributed by atoms with E-state index in [1.54, 1.807) is 7.05 Å². The van der Waals surface area contributed by atoms with Gasteiger partial charge >= 0.3 is 5.97 Å². The quantitative estimate of drug-likeness (QED) is 0.408. The highest BCUT2D eigenvalue weighted by atomic mass is 16.6. The van der Waals surface area contributed by atoms with Crippen LogP contribution in [0.15, 0.2) is 12.3 Å². The fourth-order valence-corrected chi connectivity index (χ4v) is 1.80. The van der Waals surface area contributed by atoms with E-state index in [2.05, 4.69) is 11.9 Å². The SMILES string of the molecule is C=C(NC)C(=O)OC1CCC2OC2C1. The van der Waals surface area contributed by atoms with E-state index < -0.39 is 0 Å². The Morgan fingerprint density at radius 3 is 2.93 bits per heavy atom. The second-order valence-electron chi connectivity index (χ2n) is 3.78. The summed E-state index contributed by atoms with van der Waals surface area (Å²) >= 11 is 0. The summed E-state index contributed by atoms with van der Waals surface area (Å²) in [6.45, 7) is 3.55. The van der Waals surface area contributed by atoms with Gasteiger partial charge in [0.1, 0.15) is 11.8 Å². The maximum atomic E-state index is 11.3. The molecule has 3 atom stereocenters. The number of rotatable bonds is 3. The molecule has 1 heterocycles. The molecule has 0 aromatic carbocycles. The largest absolute Gasteiger partial charge is 0.458 e. The van der Waals surface area contributed by atoms with Gasteiger partial charge in [-0.05, 0) is 12.8 Å². The fraction of sp³-hybridized carbons (Fsp3) is 0.700. The van der Waals surface area contributed by atoms with Crippen molar-refractivity contribution in [1.82, 2.24) is 5.32 Å². The highest BCUT2D eigenvalue weighted by molar-refractivity contribution is 5.87. The third kappa shape index (κ3) is 1.90. The molecule has 78 valence electrons. The van der Waals surface area contributed by atoms with Crippen LogP contribution in [-0.4, -0.2) is 31.3 Å². The molecule has 0 aromatic rings. The van der Waals surface area contributed by atoms with Gasteiger partial charge in [0.05, 0.1) is 12.2 Å². The number of ether oxygens (including phenoxy) is 2. The lowest BCUT2D eigenvalue weighted by molar-refractivity contribution is -0.145. The normalized spacial score (nSPS) is 34.2. The Morgan fingerprint density at radius 2 is 2.29 bits per heavy atom. The number of fused-ring (bicyclic) bond motifs is 1. The van der Waals surface area contributed by atoms with E-state index in [0.29, 0.717) is 17.9 Å². The molecule has 1 aliphatic carbocycles. The molecule has 2 rings (SSSR count). The standard InChI is InChI=1S/C10H15NO3/c1-6(11-2)10(12)13-7-3-4-8-9(5-7)14-8/h7-9,11H,1,3-5H2,2H3. The zero-order valence-corrected chi connectivity index (χ0v) is 8.29. The molecule has 1 aliphatic heterocycles. The van der Waals surface area contributed by atoms with Crippen molar-refractivity contribution < 1.29 is 14.3 Å². The highest BCUT2D eigenvalue weighted by Gasteiger charge is 2.45. The second kappa shape index (κ2) is 3.61. The van der Waals surface area contributed by atoms with Crippen LogP contribution in [0.3, 0.4) is 0 Å². The summed E-state index contributed by atoms with van der Waals surface area (Å²) in [6.07, 6.45) is 3.55. The van der Waals surface area contributed by atoms with Gasteiger partial charge in [-0.3, -0.25) is 0 Å². The van der Waals surface area contributed by atoms with E-state index in [1.807, 2.05) is 0 Å². The topological polar surface area (TPSA) is 50.9 Å². The van der Waals surface area contributed by atoms with E-state index in [1.165, 1.54) is 0 Å². The number of carbonyl (C=O) groups is 1. The summed E-state index contributed by atoms with van der Waals surface area (Å²) in [7, 11) is 1.66. The number of epoxide rings is 1. The number of carbonyl (C=O) groups excluding carboxylic acids is 1. The summed E-state index contributed by atoms with van der Waals surface area (Å²) in [4.78, 5) is 11.3. The van der Waals surface area contributed by atoms with Crippen molar-refractivity contribution in [3.05, 3.63) is 12.3 Å². The third-order valence-corrected chi connectivity index (χ3v) is 2.78. The van der Waals surface area contributed by atoms with Crippen molar-refractivity contribution >= 4 is 5.97 Å². The molecular weight excluding hydrogens is 182 g/mol. The first-order valence-electron chi connectivity index (χ1n) is 4.94. The first-order valence-corrected chi connectivity index (χ1v) is 4.94. The predicted molar refractivity (Wildman–Crippen MR) is 50.6 cm³/mol. The van der Waals surface area contributed by atoms with Crippen molar-refractivity contribution in [3.63, 3.8) is 0 Å². The lowest BCUT2D eigenvalue weighted by Gasteiger charge is -2.19. The monoisotopic (exact) mass is 197 g/mol. The van der Waals surface area contributed by atoms with E-state index >= 15 is 0 Å². The molecule has 1 saturated heterocycles. The average molecular weight is 197 g/mol. The molecule has 4 heteroatoms. The van der Waals surface area contributed by atoms with Crippen LogP contribution in [0.5, 0.6) is 0 Å². The molecule has 1 N–H and O–H groups in total. The van der Waals surface area contributed by atoms with E-state index in [0.717, 1.165) is 19.3 Å². The average Bonchev–Trinajstić information content (AvgIpc) is 2.94. The van der Waals surface area contributed by atoms with Crippen molar-refractivity contribution in [3.8, 4) is 0 Å². The maximum Gasteiger partial charge on any atom is 0.354 e. The van der Waals surface area contributed by atoms with Crippen LogP contribution in [0.2, 0.25) is 0 Å². The summed E-state index contributed by atoms with van der Waals surface area (Å²) in [6, 6.07) is 0. The van der Waals surface area contributed by atoms with E-state index in [4.69, 9.17) is 9.47 Å². The minimum atomic E-state index is -0.350. The maximum absolute atomic E-state index is 11.3. The number of likely N-dealkylation sites (N-methyl/N-ethyl adjacent to an activating group) is 1. The summed E-state index contributed by atoms with van der Waals surface area (Å²) in [5.41, 5.74) is 0.309. The number of hydrogen-bond acceptors (Lipinski definition) is 4. The Balaban J connectivity index is 1.79. The molecule has 4 nitrogen and oxygen atoms in total. The summed E-state index contributed by atoms with van der Waals surface area (Å²) < 4.78 is 10.6. The van der Waals surface area contributed by atoms with Gasteiger partial charge in [-0.1, -0.05) is 6.58 Å². The zero-order chi connectivity index (χ0) is 10.1. The summed E-state index contributed by atoms with van der Waals surface area (Å²) in [5, 5.41) is 2.68. The lowest BCUT2D eigenvalue weighted by atomic mass is 9.98. The molecule has 0 spiro atoms. The summed E-state index contributed by atoms with van der Waals surface area (Å²) in [5.74, 6) is -0.350. The molecule has 0 radical (unpaired) electrons. The van der Waals surface area contributed by atoms with Gasteiger partial charge in [-0.25, -0.2) is 4.79 Å². The first-order chi connectivity index (χ1) is 6.70. The van der Waals surface area contributed by atoms with Gasteiger partial charge < -0.3 is 14.8 Å². The fourth-order valence-electron chi connectivity index (χ4n) is 1.80. The predicted octanol–water partition coefficient (Wildman–Crippen LogP) is 0.583. The van der Waals surface area contributed by atoms with Crippen LogP contribution < -0.4 is 5.32 Å². The van der Waals surface area contributed by atoms with Crippen LogP contribution >= 0.6 is 0 Å². The van der Waals surface area contributed by atoms with Crippen LogP contribution in [0.25, 0.3) is 0 Å². The number of esters is 1. The van der Waals surface area contributed by atoms with Gasteiger partial charge in [0.25, 0.3) is 0 Å². The number of hydrogen-bond donors (Lipinski definition) is 1. The Hall–Kier alpha value is -1.03. The van der Waals surface area contributed by atoms with Crippen LogP contribution in [0, 0.1) is 0 Å². The van der Waals surface area contributed by atoms with Gasteiger partial charge in [0, 0.05) is 13.5 Å². The molecule has 3 unspecified atom stereocenters. The minimum absolute atomic E-state index is 0.0105. The van der Waals surface area contributed by atoms with Crippen molar-refractivity contribution in [2.24, 2.45) is 0 Å². The van der Waals surface area contributed by atoms with Gasteiger partial charge in [0.15, 0.2) is 0 Å². The molecule has 0 bridgehead atoms. The van der Waals surface area contributed by atoms with Gasteiger partial charge in [-0.2, -0.15) is 0 Å². The van der Waals surface area contributed by atoms with Crippen LogP contribution in [0.1, 0.15) is 19.3 Å². The third-order valence-electron chi connectivity index (χ3n) is 2.78. The van der Waals surface area contributed by atoms with Crippen molar-refractivity contribution in [2.45, 2.75) is 37.6 Å². The number of nitrogens with one attached hydrogen (secondary N) is 1. The Bertz CT molecular complexity index is 264. The van der Waals surface area contributed by atoms with Crippen molar-refractivity contribution in [1.29, 1.82) is 0 Å². The molecule has 2 fully saturated rings. The van der Waals surface area contributed by atoms with E-state index in [9.17, 15) is 4.79 Å². The Labute approximate surface area is 83.3 Å². The van der Waals surface area contributed by atoms with Crippen LogP contribution in [-0.2, 0) is 14.3 Å². The Morgan fingerprint density at radius 1 is 1.50 bits per heavy atom. The van der Waals surface area contributed by atoms with Gasteiger partial charge in [0.2, 0.25) is 0 Å². The zero-order valence-electron chi connectivity index (χ0n) is 8.29. The van der Waals surface area contributed by atoms with E-state index in [-0.39, 0.29) is 12.1 Å². The van der Waals surface area contributed by atoms with Crippen molar-refractivity contribution in [2.75, 3.05) is 7.05 Å². The first kappa shape index (κ1) is 9.52. The molecule has 2 aliphatic rings. The molecule has 0 amide bonds. The molecule has 1 saturated carbocycles. The molecule has 0 aromatic heterocycles. The van der Waals surface area contributed by atoms with Crippen LogP contribution in [0.4, 0.5) is 0 Å².